The summed E-state index contributed by atoms with van der Waals surface area (Å²) < 4.78 is 5.22. The van der Waals surface area contributed by atoms with Gasteiger partial charge in [0.15, 0.2) is 0 Å². The van der Waals surface area contributed by atoms with E-state index in [1.165, 1.54) is 11.1 Å². The molecule has 0 bridgehead atoms. The molecule has 0 atom stereocenters. The monoisotopic (exact) mass is 230 g/mol. The van der Waals surface area contributed by atoms with Crippen molar-refractivity contribution in [3.05, 3.63) is 46.8 Å². The minimum Gasteiger partial charge on any atom is -0.429 e. The van der Waals surface area contributed by atoms with Crippen molar-refractivity contribution < 1.29 is 4.42 Å². The summed E-state index contributed by atoms with van der Waals surface area (Å²) in [7, 11) is 0. The van der Waals surface area contributed by atoms with Crippen LogP contribution in [0.5, 0.6) is 0 Å². The summed E-state index contributed by atoms with van der Waals surface area (Å²) in [6.45, 7) is 6.27. The molecule has 0 aliphatic carbocycles. The van der Waals surface area contributed by atoms with Gasteiger partial charge in [-0.1, -0.05) is 38.1 Å². The molecule has 1 aromatic heterocycles. The fraction of sp³-hybridized carbons (Fsp3) is 0.357. The second-order valence-corrected chi connectivity index (χ2v) is 4.63. The van der Waals surface area contributed by atoms with Gasteiger partial charge in [0.05, 0.1) is 5.69 Å². The van der Waals surface area contributed by atoms with E-state index in [4.69, 9.17) is 10.2 Å². The third-order valence-corrected chi connectivity index (χ3v) is 2.93. The highest BCUT2D eigenvalue weighted by Gasteiger charge is 2.08. The number of nitrogens with zero attached hydrogens (tertiary/aromatic N) is 1. The van der Waals surface area contributed by atoms with Gasteiger partial charge in [-0.2, -0.15) is 4.98 Å². The molecule has 0 saturated heterocycles. The number of nitrogen functional groups attached to an aromatic ring is 1. The van der Waals surface area contributed by atoms with Crippen molar-refractivity contribution in [1.82, 2.24) is 4.98 Å². The minimum absolute atomic E-state index is 0.247. The first-order valence-electron chi connectivity index (χ1n) is 5.87. The molecule has 0 aliphatic heterocycles. The maximum Gasteiger partial charge on any atom is 0.292 e. The largest absolute Gasteiger partial charge is 0.429 e. The summed E-state index contributed by atoms with van der Waals surface area (Å²) in [5.74, 6) is 1.36. The Morgan fingerprint density at radius 2 is 1.88 bits per heavy atom. The van der Waals surface area contributed by atoms with Crippen LogP contribution in [0.1, 0.15) is 42.3 Å². The van der Waals surface area contributed by atoms with E-state index in [2.05, 4.69) is 43.1 Å². The van der Waals surface area contributed by atoms with Gasteiger partial charge in [0.1, 0.15) is 5.76 Å². The van der Waals surface area contributed by atoms with E-state index < -0.39 is 0 Å². The highest BCUT2D eigenvalue weighted by atomic mass is 16.4. The van der Waals surface area contributed by atoms with Gasteiger partial charge < -0.3 is 10.2 Å². The Morgan fingerprint density at radius 3 is 2.35 bits per heavy atom. The second-order valence-electron chi connectivity index (χ2n) is 4.63. The zero-order valence-electron chi connectivity index (χ0n) is 10.5. The van der Waals surface area contributed by atoms with E-state index in [1.807, 2.05) is 6.92 Å². The number of benzene rings is 1. The predicted molar refractivity (Wildman–Crippen MR) is 69.0 cm³/mol. The molecular formula is C14H18N2O. The van der Waals surface area contributed by atoms with Crippen molar-refractivity contribution in [2.24, 2.45) is 0 Å². The Kier molecular flexibility index (Phi) is 3.18. The second kappa shape index (κ2) is 4.62. The molecule has 0 spiro atoms. The first kappa shape index (κ1) is 11.7. The molecule has 2 aromatic rings. The lowest BCUT2D eigenvalue weighted by atomic mass is 10.0. The number of oxazole rings is 1. The zero-order valence-corrected chi connectivity index (χ0v) is 10.5. The number of anilines is 1. The van der Waals surface area contributed by atoms with Crippen LogP contribution in [0, 0.1) is 6.92 Å². The van der Waals surface area contributed by atoms with E-state index in [0.29, 0.717) is 5.92 Å². The molecule has 3 nitrogen and oxygen atoms in total. The van der Waals surface area contributed by atoms with E-state index in [-0.39, 0.29) is 6.01 Å². The molecule has 0 radical (unpaired) electrons. The van der Waals surface area contributed by atoms with Gasteiger partial charge in [-0.15, -0.1) is 0 Å². The van der Waals surface area contributed by atoms with Crippen LogP contribution in [-0.2, 0) is 6.42 Å². The lowest BCUT2D eigenvalue weighted by Gasteiger charge is -2.06. The van der Waals surface area contributed by atoms with E-state index in [1.54, 1.807) is 0 Å². The molecule has 2 rings (SSSR count). The van der Waals surface area contributed by atoms with E-state index in [0.717, 1.165) is 17.9 Å². The highest BCUT2D eigenvalue weighted by molar-refractivity contribution is 5.30. The molecule has 1 heterocycles. The average molecular weight is 230 g/mol. The maximum absolute atomic E-state index is 5.52. The number of hydrogen-bond donors (Lipinski definition) is 1. The summed E-state index contributed by atoms with van der Waals surface area (Å²) in [4.78, 5) is 4.17. The number of aromatic nitrogens is 1. The first-order chi connectivity index (χ1) is 8.06. The van der Waals surface area contributed by atoms with Crippen LogP contribution in [0.4, 0.5) is 6.01 Å². The van der Waals surface area contributed by atoms with Crippen LogP contribution >= 0.6 is 0 Å². The number of nitrogens with two attached hydrogens (primary N) is 1. The van der Waals surface area contributed by atoms with Crippen molar-refractivity contribution in [2.45, 2.75) is 33.1 Å². The minimum atomic E-state index is 0.247. The van der Waals surface area contributed by atoms with Crippen molar-refractivity contribution in [3.8, 4) is 0 Å². The predicted octanol–water partition coefficient (Wildman–Crippen LogP) is 3.28. The van der Waals surface area contributed by atoms with Gasteiger partial charge in [0, 0.05) is 6.42 Å². The van der Waals surface area contributed by atoms with Crippen LogP contribution in [-0.4, -0.2) is 4.98 Å². The average Bonchev–Trinajstić information content (AvgIpc) is 2.58. The first-order valence-corrected chi connectivity index (χ1v) is 5.87. The molecule has 17 heavy (non-hydrogen) atoms. The third-order valence-electron chi connectivity index (χ3n) is 2.93. The highest BCUT2D eigenvalue weighted by Crippen LogP contribution is 2.18. The summed E-state index contributed by atoms with van der Waals surface area (Å²) in [5, 5.41) is 0. The number of aryl methyl sites for hydroxylation is 1. The zero-order chi connectivity index (χ0) is 12.4. The third kappa shape index (κ3) is 2.67. The molecule has 90 valence electrons. The van der Waals surface area contributed by atoms with Crippen LogP contribution in [0.15, 0.2) is 28.7 Å². The van der Waals surface area contributed by atoms with E-state index >= 15 is 0 Å². The summed E-state index contributed by atoms with van der Waals surface area (Å²) in [6, 6.07) is 8.85. The Morgan fingerprint density at radius 1 is 1.24 bits per heavy atom. The maximum atomic E-state index is 5.52. The summed E-state index contributed by atoms with van der Waals surface area (Å²) in [5.41, 5.74) is 9.02. The van der Waals surface area contributed by atoms with Gasteiger partial charge >= 0.3 is 0 Å². The van der Waals surface area contributed by atoms with Crippen LogP contribution in [0.3, 0.4) is 0 Å². The molecule has 0 saturated carbocycles. The molecular weight excluding hydrogens is 212 g/mol. The SMILES string of the molecule is Cc1oc(N)nc1Cc1ccc(C(C)C)cc1. The van der Waals surface area contributed by atoms with E-state index in [9.17, 15) is 0 Å². The topological polar surface area (TPSA) is 52.0 Å². The van der Waals surface area contributed by atoms with Gasteiger partial charge in [-0.25, -0.2) is 0 Å². The Labute approximate surface area is 102 Å². The summed E-state index contributed by atoms with van der Waals surface area (Å²) in [6.07, 6.45) is 0.769. The lowest BCUT2D eigenvalue weighted by Crippen LogP contribution is -1.93. The van der Waals surface area contributed by atoms with Crippen molar-refractivity contribution in [3.63, 3.8) is 0 Å². The standard InChI is InChI=1S/C14H18N2O/c1-9(2)12-6-4-11(5-7-12)8-13-10(3)17-14(15)16-13/h4-7,9H,8H2,1-3H3,(H2,15,16). The fourth-order valence-corrected chi connectivity index (χ4v) is 1.83. The molecule has 3 heteroatoms. The number of rotatable bonds is 3. The quantitative estimate of drug-likeness (QED) is 0.880. The van der Waals surface area contributed by atoms with Gasteiger partial charge in [-0.05, 0) is 24.0 Å². The molecule has 0 aliphatic rings. The van der Waals surface area contributed by atoms with Crippen molar-refractivity contribution in [1.29, 1.82) is 0 Å². The van der Waals surface area contributed by atoms with Gasteiger partial charge in [0.25, 0.3) is 6.01 Å². The van der Waals surface area contributed by atoms with Crippen LogP contribution in [0.25, 0.3) is 0 Å². The van der Waals surface area contributed by atoms with Crippen LogP contribution < -0.4 is 5.73 Å². The van der Waals surface area contributed by atoms with Crippen molar-refractivity contribution >= 4 is 6.01 Å². The van der Waals surface area contributed by atoms with Crippen molar-refractivity contribution in [2.75, 3.05) is 5.73 Å². The Bertz CT molecular complexity index is 497. The molecule has 1 aromatic carbocycles. The molecule has 0 fully saturated rings. The normalized spacial score (nSPS) is 11.1. The molecule has 0 unspecified atom stereocenters. The fourth-order valence-electron chi connectivity index (χ4n) is 1.83. The van der Waals surface area contributed by atoms with Crippen LogP contribution in [0.2, 0.25) is 0 Å². The smallest absolute Gasteiger partial charge is 0.292 e. The van der Waals surface area contributed by atoms with Gasteiger partial charge in [-0.3, -0.25) is 0 Å². The Hall–Kier alpha value is -1.77. The van der Waals surface area contributed by atoms with Gasteiger partial charge in [0.2, 0.25) is 0 Å². The number of hydrogen-bond acceptors (Lipinski definition) is 3. The lowest BCUT2D eigenvalue weighted by molar-refractivity contribution is 0.545. The molecule has 0 amide bonds. The Balaban J connectivity index is 2.16. The molecule has 2 N–H and O–H groups in total. The summed E-state index contributed by atoms with van der Waals surface area (Å²) >= 11 is 0.